The third-order valence-electron chi connectivity index (χ3n) is 3.39. The van der Waals surface area contributed by atoms with Gasteiger partial charge in [-0.3, -0.25) is 4.79 Å². The molecule has 0 aliphatic heterocycles. The molecule has 0 radical (unpaired) electrons. The minimum Gasteiger partial charge on any atom is -0.338 e. The van der Waals surface area contributed by atoms with Gasteiger partial charge in [0.15, 0.2) is 0 Å². The fourth-order valence-corrected chi connectivity index (χ4v) is 2.04. The van der Waals surface area contributed by atoms with Crippen molar-refractivity contribution in [1.82, 2.24) is 9.80 Å². The van der Waals surface area contributed by atoms with E-state index in [9.17, 15) is 9.18 Å². The lowest BCUT2D eigenvalue weighted by Crippen LogP contribution is -2.37. The maximum Gasteiger partial charge on any atom is 0.253 e. The van der Waals surface area contributed by atoms with Gasteiger partial charge in [0.25, 0.3) is 5.91 Å². The van der Waals surface area contributed by atoms with Crippen LogP contribution in [0.4, 0.5) is 4.39 Å². The molecule has 0 heterocycles. The number of likely N-dealkylation sites (N-methyl/N-ethyl adjacent to an activating group) is 2. The first-order chi connectivity index (χ1) is 9.58. The fraction of sp³-hybridized carbons (Fsp3) is 0.562. The van der Waals surface area contributed by atoms with Gasteiger partial charge >= 0.3 is 0 Å². The normalized spacial score (nSPS) is 10.8. The Morgan fingerprint density at radius 1 is 1.20 bits per heavy atom. The van der Waals surface area contributed by atoms with Crippen molar-refractivity contribution < 1.29 is 9.18 Å². The molecule has 20 heavy (non-hydrogen) atoms. The Kier molecular flexibility index (Phi) is 7.23. The van der Waals surface area contributed by atoms with Crippen LogP contribution in [0.1, 0.15) is 37.0 Å². The van der Waals surface area contributed by atoms with Gasteiger partial charge in [-0.1, -0.05) is 19.4 Å². The molecule has 0 saturated carbocycles. The Balaban J connectivity index is 2.55. The number of unbranched alkanes of at least 4 members (excludes halogenated alkanes) is 1. The molecule has 0 atom stereocenters. The number of halogens is 1. The second kappa shape index (κ2) is 8.69. The predicted octanol–water partition coefficient (Wildman–Crippen LogP) is 3.02. The number of rotatable bonds is 8. The van der Waals surface area contributed by atoms with Crippen molar-refractivity contribution in [3.63, 3.8) is 0 Å². The minimum absolute atomic E-state index is 0.101. The van der Waals surface area contributed by atoms with Crippen molar-refractivity contribution in [3.8, 4) is 0 Å². The zero-order chi connectivity index (χ0) is 15.0. The Morgan fingerprint density at radius 3 is 2.55 bits per heavy atom. The third-order valence-corrected chi connectivity index (χ3v) is 3.39. The van der Waals surface area contributed by atoms with Crippen LogP contribution in [0.3, 0.4) is 0 Å². The second-order valence-electron chi connectivity index (χ2n) is 5.05. The lowest BCUT2D eigenvalue weighted by molar-refractivity contribution is 0.0749. The van der Waals surface area contributed by atoms with Gasteiger partial charge in [0, 0.05) is 25.2 Å². The molecule has 0 N–H and O–H groups in total. The highest BCUT2D eigenvalue weighted by Crippen LogP contribution is 2.07. The maximum absolute atomic E-state index is 13.2. The summed E-state index contributed by atoms with van der Waals surface area (Å²) in [5.41, 5.74) is 0.420. The second-order valence-corrected chi connectivity index (χ2v) is 5.05. The van der Waals surface area contributed by atoms with Crippen LogP contribution in [0, 0.1) is 5.82 Å². The van der Waals surface area contributed by atoms with Gasteiger partial charge in [-0.05, 0) is 45.1 Å². The minimum atomic E-state index is -0.369. The van der Waals surface area contributed by atoms with Crippen molar-refractivity contribution in [2.45, 2.75) is 26.7 Å². The average molecular weight is 280 g/mol. The molecule has 0 spiro atoms. The molecule has 0 aliphatic rings. The monoisotopic (exact) mass is 280 g/mol. The number of carbonyl (C=O) groups excluding carboxylic acids is 1. The molecular weight excluding hydrogens is 255 g/mol. The topological polar surface area (TPSA) is 23.6 Å². The summed E-state index contributed by atoms with van der Waals surface area (Å²) in [6.45, 7) is 7.31. The lowest BCUT2D eigenvalue weighted by Gasteiger charge is -2.24. The van der Waals surface area contributed by atoms with Crippen LogP contribution < -0.4 is 0 Å². The Hall–Kier alpha value is -1.42. The number of carbonyl (C=O) groups is 1. The molecule has 0 aromatic heterocycles. The SMILES string of the molecule is CCCCN(C)CCN(CC)C(=O)c1cccc(F)c1. The van der Waals surface area contributed by atoms with Crippen LogP contribution in [0.5, 0.6) is 0 Å². The van der Waals surface area contributed by atoms with Gasteiger partial charge in [-0.15, -0.1) is 0 Å². The van der Waals surface area contributed by atoms with Gasteiger partial charge in [0.05, 0.1) is 0 Å². The van der Waals surface area contributed by atoms with Crippen LogP contribution in [-0.4, -0.2) is 48.9 Å². The van der Waals surface area contributed by atoms with Crippen molar-refractivity contribution in [3.05, 3.63) is 35.6 Å². The number of nitrogens with zero attached hydrogens (tertiary/aromatic N) is 2. The first kappa shape index (κ1) is 16.6. The van der Waals surface area contributed by atoms with E-state index in [1.165, 1.54) is 25.0 Å². The molecule has 0 unspecified atom stereocenters. The molecule has 0 aliphatic carbocycles. The molecule has 1 amide bonds. The van der Waals surface area contributed by atoms with E-state index in [0.717, 1.165) is 13.1 Å². The van der Waals surface area contributed by atoms with E-state index in [1.807, 2.05) is 6.92 Å². The number of benzene rings is 1. The van der Waals surface area contributed by atoms with Gasteiger partial charge in [-0.2, -0.15) is 0 Å². The molecule has 3 nitrogen and oxygen atoms in total. The molecule has 112 valence electrons. The van der Waals surface area contributed by atoms with Crippen molar-refractivity contribution in [2.24, 2.45) is 0 Å². The Morgan fingerprint density at radius 2 is 1.95 bits per heavy atom. The van der Waals surface area contributed by atoms with E-state index in [-0.39, 0.29) is 11.7 Å². The summed E-state index contributed by atoms with van der Waals surface area (Å²) >= 11 is 0. The van der Waals surface area contributed by atoms with Crippen molar-refractivity contribution >= 4 is 5.91 Å². The third kappa shape index (κ3) is 5.29. The molecule has 0 bridgehead atoms. The van der Waals surface area contributed by atoms with Crippen LogP contribution >= 0.6 is 0 Å². The molecule has 0 saturated heterocycles. The lowest BCUT2D eigenvalue weighted by atomic mass is 10.2. The van der Waals surface area contributed by atoms with E-state index >= 15 is 0 Å². The summed E-state index contributed by atoms with van der Waals surface area (Å²) in [5, 5.41) is 0. The van der Waals surface area contributed by atoms with Crippen molar-refractivity contribution in [1.29, 1.82) is 0 Å². The highest BCUT2D eigenvalue weighted by molar-refractivity contribution is 5.94. The largest absolute Gasteiger partial charge is 0.338 e. The Labute approximate surface area is 121 Å². The van der Waals surface area contributed by atoms with Crippen molar-refractivity contribution in [2.75, 3.05) is 33.2 Å². The smallest absolute Gasteiger partial charge is 0.253 e. The van der Waals surface area contributed by atoms with Crippen LogP contribution in [-0.2, 0) is 0 Å². The summed E-state index contributed by atoms with van der Waals surface area (Å²) in [5.74, 6) is -0.470. The molecule has 1 aromatic rings. The Bertz CT molecular complexity index is 423. The zero-order valence-corrected chi connectivity index (χ0v) is 12.7. The van der Waals surface area contributed by atoms with E-state index in [1.54, 1.807) is 17.0 Å². The standard InChI is InChI=1S/C16H25FN2O/c1-4-6-10-18(3)11-12-19(5-2)16(20)14-8-7-9-15(17)13-14/h7-9,13H,4-6,10-12H2,1-3H3. The fourth-order valence-electron chi connectivity index (χ4n) is 2.04. The zero-order valence-electron chi connectivity index (χ0n) is 12.7. The maximum atomic E-state index is 13.2. The van der Waals surface area contributed by atoms with Gasteiger partial charge in [0.1, 0.15) is 5.82 Å². The number of hydrogen-bond acceptors (Lipinski definition) is 2. The number of amides is 1. The molecule has 4 heteroatoms. The summed E-state index contributed by atoms with van der Waals surface area (Å²) in [6, 6.07) is 5.88. The molecule has 1 rings (SSSR count). The predicted molar refractivity (Wildman–Crippen MR) is 80.4 cm³/mol. The number of hydrogen-bond donors (Lipinski definition) is 0. The summed E-state index contributed by atoms with van der Waals surface area (Å²) in [6.07, 6.45) is 2.34. The first-order valence-electron chi connectivity index (χ1n) is 7.31. The van der Waals surface area contributed by atoms with E-state index < -0.39 is 0 Å². The summed E-state index contributed by atoms with van der Waals surface area (Å²) in [7, 11) is 2.07. The molecular formula is C16H25FN2O. The van der Waals surface area contributed by atoms with Gasteiger partial charge < -0.3 is 9.80 Å². The van der Waals surface area contributed by atoms with E-state index in [4.69, 9.17) is 0 Å². The van der Waals surface area contributed by atoms with Crippen LogP contribution in [0.2, 0.25) is 0 Å². The van der Waals surface area contributed by atoms with Crippen LogP contribution in [0.15, 0.2) is 24.3 Å². The quantitative estimate of drug-likeness (QED) is 0.731. The van der Waals surface area contributed by atoms with E-state index in [2.05, 4.69) is 18.9 Å². The summed E-state index contributed by atoms with van der Waals surface area (Å²) < 4.78 is 13.2. The molecule has 1 aromatic carbocycles. The summed E-state index contributed by atoms with van der Waals surface area (Å²) in [4.78, 5) is 16.3. The van der Waals surface area contributed by atoms with E-state index in [0.29, 0.717) is 18.7 Å². The molecule has 0 fully saturated rings. The van der Waals surface area contributed by atoms with Gasteiger partial charge in [0.2, 0.25) is 0 Å². The van der Waals surface area contributed by atoms with Crippen LogP contribution in [0.25, 0.3) is 0 Å². The highest BCUT2D eigenvalue weighted by Gasteiger charge is 2.14. The first-order valence-corrected chi connectivity index (χ1v) is 7.31. The average Bonchev–Trinajstić information content (AvgIpc) is 2.45. The highest BCUT2D eigenvalue weighted by atomic mass is 19.1. The van der Waals surface area contributed by atoms with Gasteiger partial charge in [-0.25, -0.2) is 4.39 Å².